The zero-order valence-corrected chi connectivity index (χ0v) is 13.3. The lowest BCUT2D eigenvalue weighted by atomic mass is 9.96. The highest BCUT2D eigenvalue weighted by Gasteiger charge is 2.43. The van der Waals surface area contributed by atoms with Crippen molar-refractivity contribution < 1.29 is 18.0 Å². The van der Waals surface area contributed by atoms with Gasteiger partial charge in [-0.3, -0.25) is 9.69 Å². The number of likely N-dealkylation sites (tertiary alicyclic amines) is 1. The Bertz CT molecular complexity index is 476. The molecule has 0 aromatic carbocycles. The highest BCUT2D eigenvalue weighted by atomic mass is 32.1. The number of alkyl halides is 3. The van der Waals surface area contributed by atoms with Gasteiger partial charge in [-0.2, -0.15) is 13.2 Å². The fourth-order valence-electron chi connectivity index (χ4n) is 2.70. The Labute approximate surface area is 132 Å². The molecule has 0 bridgehead atoms. The molecule has 1 N–H and O–H groups in total. The van der Waals surface area contributed by atoms with Gasteiger partial charge in [0.15, 0.2) is 0 Å². The molecule has 1 aliphatic rings. The normalized spacial score (nSPS) is 21.5. The minimum atomic E-state index is -4.17. The van der Waals surface area contributed by atoms with Crippen molar-refractivity contribution in [3.05, 3.63) is 22.4 Å². The molecule has 1 fully saturated rings. The third-order valence-corrected chi connectivity index (χ3v) is 5.03. The molecule has 1 aromatic rings. The highest BCUT2D eigenvalue weighted by Crippen LogP contribution is 2.33. The summed E-state index contributed by atoms with van der Waals surface area (Å²) in [5.41, 5.74) is 0. The minimum absolute atomic E-state index is 0.0803. The van der Waals surface area contributed by atoms with Gasteiger partial charge in [-0.05, 0) is 44.2 Å². The Balaban J connectivity index is 1.79. The second-order valence-corrected chi connectivity index (χ2v) is 6.70. The number of rotatable bonds is 5. The standard InChI is InChI=1S/C15H21F3N2OS/c1-11(14(21)19-7-6-13-5-3-9-22-13)20-8-2-4-12(10-20)15(16,17)18/h3,5,9,11-12H,2,4,6-8,10H2,1H3,(H,19,21)/t11-,12-/m1/s1. The first-order valence-electron chi connectivity index (χ1n) is 7.49. The van der Waals surface area contributed by atoms with Crippen molar-refractivity contribution in [2.24, 2.45) is 5.92 Å². The average molecular weight is 334 g/mol. The summed E-state index contributed by atoms with van der Waals surface area (Å²) in [5.74, 6) is -1.51. The van der Waals surface area contributed by atoms with Crippen LogP contribution in [0.5, 0.6) is 0 Å². The third-order valence-electron chi connectivity index (χ3n) is 4.09. The van der Waals surface area contributed by atoms with E-state index in [0.717, 1.165) is 6.42 Å². The van der Waals surface area contributed by atoms with Gasteiger partial charge in [-0.25, -0.2) is 0 Å². The monoisotopic (exact) mass is 334 g/mol. The predicted octanol–water partition coefficient (Wildman–Crippen LogP) is 3.07. The van der Waals surface area contributed by atoms with Crippen molar-refractivity contribution in [3.63, 3.8) is 0 Å². The van der Waals surface area contributed by atoms with Crippen LogP contribution < -0.4 is 5.32 Å². The Morgan fingerprint density at radius 2 is 2.32 bits per heavy atom. The van der Waals surface area contributed by atoms with Crippen molar-refractivity contribution in [1.29, 1.82) is 0 Å². The number of carbonyl (C=O) groups is 1. The maximum absolute atomic E-state index is 12.8. The number of hydrogen-bond donors (Lipinski definition) is 1. The minimum Gasteiger partial charge on any atom is -0.354 e. The Morgan fingerprint density at radius 3 is 2.95 bits per heavy atom. The van der Waals surface area contributed by atoms with E-state index in [-0.39, 0.29) is 18.9 Å². The van der Waals surface area contributed by atoms with E-state index in [4.69, 9.17) is 0 Å². The van der Waals surface area contributed by atoms with E-state index < -0.39 is 18.1 Å². The number of thiophene rings is 1. The molecule has 7 heteroatoms. The lowest BCUT2D eigenvalue weighted by molar-refractivity contribution is -0.188. The number of nitrogens with zero attached hydrogens (tertiary/aromatic N) is 1. The van der Waals surface area contributed by atoms with Gasteiger partial charge in [-0.15, -0.1) is 11.3 Å². The molecule has 1 aromatic heterocycles. The summed E-state index contributed by atoms with van der Waals surface area (Å²) in [6, 6.07) is 3.43. The maximum atomic E-state index is 12.8. The summed E-state index contributed by atoms with van der Waals surface area (Å²) in [5, 5.41) is 4.79. The zero-order chi connectivity index (χ0) is 16.2. The maximum Gasteiger partial charge on any atom is 0.393 e. The number of amides is 1. The molecule has 2 atom stereocenters. The van der Waals surface area contributed by atoms with E-state index in [1.165, 1.54) is 4.88 Å². The molecule has 0 spiro atoms. The largest absolute Gasteiger partial charge is 0.393 e. The zero-order valence-electron chi connectivity index (χ0n) is 12.5. The van der Waals surface area contributed by atoms with E-state index >= 15 is 0 Å². The predicted molar refractivity (Wildman–Crippen MR) is 80.8 cm³/mol. The summed E-state index contributed by atoms with van der Waals surface area (Å²) < 4.78 is 38.4. The molecule has 1 amide bonds. The Morgan fingerprint density at radius 1 is 1.55 bits per heavy atom. The molecule has 0 aliphatic carbocycles. The fraction of sp³-hybridized carbons (Fsp3) is 0.667. The summed E-state index contributed by atoms with van der Waals surface area (Å²) in [7, 11) is 0. The molecule has 3 nitrogen and oxygen atoms in total. The van der Waals surface area contributed by atoms with Crippen LogP contribution >= 0.6 is 11.3 Å². The highest BCUT2D eigenvalue weighted by molar-refractivity contribution is 7.09. The van der Waals surface area contributed by atoms with Crippen LogP contribution in [0.3, 0.4) is 0 Å². The SMILES string of the molecule is C[C@H](C(=O)NCCc1cccs1)N1CCC[C@@H](C(F)(F)F)C1. The van der Waals surface area contributed by atoms with Crippen molar-refractivity contribution in [2.75, 3.05) is 19.6 Å². The van der Waals surface area contributed by atoms with Crippen LogP contribution in [0.1, 0.15) is 24.6 Å². The van der Waals surface area contributed by atoms with E-state index in [9.17, 15) is 18.0 Å². The van der Waals surface area contributed by atoms with E-state index in [1.54, 1.807) is 23.2 Å². The van der Waals surface area contributed by atoms with Gasteiger partial charge in [0.25, 0.3) is 0 Å². The molecule has 124 valence electrons. The molecule has 1 saturated heterocycles. The molecule has 22 heavy (non-hydrogen) atoms. The van der Waals surface area contributed by atoms with Crippen LogP contribution in [0, 0.1) is 5.92 Å². The van der Waals surface area contributed by atoms with Gasteiger partial charge < -0.3 is 5.32 Å². The molecule has 0 saturated carbocycles. The van der Waals surface area contributed by atoms with Gasteiger partial charge in [0.2, 0.25) is 5.91 Å². The lowest BCUT2D eigenvalue weighted by Crippen LogP contribution is -2.51. The lowest BCUT2D eigenvalue weighted by Gasteiger charge is -2.36. The quantitative estimate of drug-likeness (QED) is 0.897. The number of carbonyl (C=O) groups excluding carboxylic acids is 1. The summed E-state index contributed by atoms with van der Waals surface area (Å²) in [6.07, 6.45) is -2.78. The number of hydrogen-bond acceptors (Lipinski definition) is 3. The van der Waals surface area contributed by atoms with Crippen molar-refractivity contribution in [1.82, 2.24) is 10.2 Å². The third kappa shape index (κ3) is 4.71. The summed E-state index contributed by atoms with van der Waals surface area (Å²) >= 11 is 1.63. The smallest absolute Gasteiger partial charge is 0.354 e. The first-order valence-corrected chi connectivity index (χ1v) is 8.36. The van der Waals surface area contributed by atoms with Crippen molar-refractivity contribution in [2.45, 2.75) is 38.4 Å². The molecule has 0 unspecified atom stereocenters. The number of halogens is 3. The fourth-order valence-corrected chi connectivity index (χ4v) is 3.41. The molecule has 2 rings (SSSR count). The van der Waals surface area contributed by atoms with Gasteiger partial charge in [0.1, 0.15) is 0 Å². The molecule has 2 heterocycles. The van der Waals surface area contributed by atoms with Gasteiger partial charge >= 0.3 is 6.18 Å². The molecular weight excluding hydrogens is 313 g/mol. The van der Waals surface area contributed by atoms with Crippen LogP contribution in [0.4, 0.5) is 13.2 Å². The van der Waals surface area contributed by atoms with Gasteiger partial charge in [0, 0.05) is 18.0 Å². The van der Waals surface area contributed by atoms with Gasteiger partial charge in [0.05, 0.1) is 12.0 Å². The number of nitrogens with one attached hydrogen (secondary N) is 1. The molecule has 1 aliphatic heterocycles. The van der Waals surface area contributed by atoms with Crippen LogP contribution in [-0.2, 0) is 11.2 Å². The summed E-state index contributed by atoms with van der Waals surface area (Å²) in [6.45, 7) is 2.66. The van der Waals surface area contributed by atoms with E-state index in [1.807, 2.05) is 17.5 Å². The van der Waals surface area contributed by atoms with Crippen molar-refractivity contribution >= 4 is 17.2 Å². The van der Waals surface area contributed by atoms with Crippen LogP contribution in [0.2, 0.25) is 0 Å². The second-order valence-electron chi connectivity index (χ2n) is 5.67. The van der Waals surface area contributed by atoms with Crippen molar-refractivity contribution in [3.8, 4) is 0 Å². The average Bonchev–Trinajstić information content (AvgIpc) is 2.99. The summed E-state index contributed by atoms with van der Waals surface area (Å²) in [4.78, 5) is 14.9. The van der Waals surface area contributed by atoms with Crippen LogP contribution in [0.15, 0.2) is 17.5 Å². The first-order chi connectivity index (χ1) is 10.4. The Hall–Kier alpha value is -1.08. The van der Waals surface area contributed by atoms with Crippen LogP contribution in [0.25, 0.3) is 0 Å². The molecule has 0 radical (unpaired) electrons. The topological polar surface area (TPSA) is 32.3 Å². The number of piperidine rings is 1. The van der Waals surface area contributed by atoms with E-state index in [2.05, 4.69) is 5.32 Å². The van der Waals surface area contributed by atoms with Crippen LogP contribution in [-0.4, -0.2) is 42.7 Å². The molecular formula is C15H21F3N2OS. The Kier molecular flexibility index (Phi) is 5.86. The van der Waals surface area contributed by atoms with Gasteiger partial charge in [-0.1, -0.05) is 6.07 Å². The first kappa shape index (κ1) is 17.3. The van der Waals surface area contributed by atoms with E-state index in [0.29, 0.717) is 19.5 Å². The second kappa shape index (κ2) is 7.46.